The van der Waals surface area contributed by atoms with Crippen molar-refractivity contribution in [2.45, 2.75) is 45.6 Å². The van der Waals surface area contributed by atoms with Gasteiger partial charge >= 0.3 is 5.97 Å². The summed E-state index contributed by atoms with van der Waals surface area (Å²) in [6.45, 7) is 1.88. The zero-order chi connectivity index (χ0) is 15.1. The molecule has 3 nitrogen and oxygen atoms in total. The van der Waals surface area contributed by atoms with E-state index in [1.807, 2.05) is 30.3 Å². The number of Topliss-reactive ketones (excluding diaryl/α,β-unsaturated/α-hetero) is 1. The lowest BCUT2D eigenvalue weighted by atomic mass is 9.71. The summed E-state index contributed by atoms with van der Waals surface area (Å²) in [5.41, 5.74) is 0.502. The molecule has 1 aromatic carbocycles. The number of ether oxygens (including phenoxy) is 1. The van der Waals surface area contributed by atoms with Gasteiger partial charge in [-0.2, -0.15) is 0 Å². The molecule has 1 aromatic rings. The highest BCUT2D eigenvalue weighted by molar-refractivity contribution is 5.88. The zero-order valence-corrected chi connectivity index (χ0v) is 12.5. The summed E-state index contributed by atoms with van der Waals surface area (Å²) < 4.78 is 5.21. The molecule has 0 aromatic heterocycles. The lowest BCUT2D eigenvalue weighted by Crippen LogP contribution is -2.29. The number of allylic oxidation sites excluding steroid dienone is 1. The minimum absolute atomic E-state index is 0.148. The molecule has 1 fully saturated rings. The van der Waals surface area contributed by atoms with Gasteiger partial charge in [-0.1, -0.05) is 55.7 Å². The van der Waals surface area contributed by atoms with Crippen molar-refractivity contribution in [3.05, 3.63) is 48.0 Å². The van der Waals surface area contributed by atoms with Gasteiger partial charge < -0.3 is 4.74 Å². The Kier molecular flexibility index (Phi) is 5.32. The second-order valence-corrected chi connectivity index (χ2v) is 5.70. The molecule has 0 spiro atoms. The van der Waals surface area contributed by atoms with Crippen LogP contribution in [0, 0.1) is 5.41 Å². The number of rotatable bonds is 5. The first-order valence-corrected chi connectivity index (χ1v) is 7.53. The van der Waals surface area contributed by atoms with Crippen LogP contribution in [-0.2, 0) is 20.9 Å². The standard InChI is InChI=1S/C18H22O3/c1-15(19)18(11-6-3-7-12-18)13-10-17(20)21-14-16-8-4-2-5-9-16/h2,4-5,8-10,13H,3,6-7,11-12,14H2,1H3/b13-10+. The van der Waals surface area contributed by atoms with E-state index in [1.54, 1.807) is 13.0 Å². The van der Waals surface area contributed by atoms with Crippen molar-refractivity contribution >= 4 is 11.8 Å². The predicted octanol–water partition coefficient (Wildman–Crippen LogP) is 3.83. The first-order valence-electron chi connectivity index (χ1n) is 7.53. The van der Waals surface area contributed by atoms with Crippen LogP contribution in [0.5, 0.6) is 0 Å². The molecule has 2 rings (SSSR count). The molecule has 21 heavy (non-hydrogen) atoms. The predicted molar refractivity (Wildman–Crippen MR) is 81.6 cm³/mol. The highest BCUT2D eigenvalue weighted by atomic mass is 16.5. The van der Waals surface area contributed by atoms with Gasteiger partial charge in [-0.15, -0.1) is 0 Å². The van der Waals surface area contributed by atoms with Crippen molar-refractivity contribution in [2.75, 3.05) is 0 Å². The second kappa shape index (κ2) is 7.21. The molecule has 0 aliphatic heterocycles. The average Bonchev–Trinajstić information content (AvgIpc) is 2.52. The summed E-state index contributed by atoms with van der Waals surface area (Å²) >= 11 is 0. The molecule has 0 atom stereocenters. The van der Waals surface area contributed by atoms with Crippen LogP contribution in [0.3, 0.4) is 0 Å². The Morgan fingerprint density at radius 3 is 2.43 bits per heavy atom. The largest absolute Gasteiger partial charge is 0.458 e. The minimum atomic E-state index is -0.454. The molecule has 0 heterocycles. The Hall–Kier alpha value is -1.90. The molecule has 0 saturated heterocycles. The van der Waals surface area contributed by atoms with Gasteiger partial charge in [-0.25, -0.2) is 4.79 Å². The molecule has 0 radical (unpaired) electrons. The van der Waals surface area contributed by atoms with Crippen LogP contribution in [0.1, 0.15) is 44.6 Å². The van der Waals surface area contributed by atoms with Crippen LogP contribution in [0.25, 0.3) is 0 Å². The SMILES string of the molecule is CC(=O)C1(/C=C/C(=O)OCc2ccccc2)CCCCC1. The second-order valence-electron chi connectivity index (χ2n) is 5.70. The van der Waals surface area contributed by atoms with Crippen molar-refractivity contribution in [3.63, 3.8) is 0 Å². The maximum atomic E-state index is 11.9. The number of carbonyl (C=O) groups excluding carboxylic acids is 2. The molecule has 1 aliphatic carbocycles. The van der Waals surface area contributed by atoms with Gasteiger partial charge in [-0.05, 0) is 25.3 Å². The molecule has 3 heteroatoms. The Morgan fingerprint density at radius 2 is 1.81 bits per heavy atom. The van der Waals surface area contributed by atoms with Crippen molar-refractivity contribution < 1.29 is 14.3 Å². The van der Waals surface area contributed by atoms with Gasteiger partial charge in [0.25, 0.3) is 0 Å². The Morgan fingerprint density at radius 1 is 1.14 bits per heavy atom. The lowest BCUT2D eigenvalue weighted by Gasteiger charge is -2.31. The highest BCUT2D eigenvalue weighted by Crippen LogP contribution is 2.38. The monoisotopic (exact) mass is 286 g/mol. The van der Waals surface area contributed by atoms with E-state index in [9.17, 15) is 9.59 Å². The van der Waals surface area contributed by atoms with Gasteiger partial charge in [-0.3, -0.25) is 4.79 Å². The molecule has 1 saturated carbocycles. The van der Waals surface area contributed by atoms with Gasteiger partial charge in [0.05, 0.1) is 0 Å². The average molecular weight is 286 g/mol. The van der Waals surface area contributed by atoms with Crippen molar-refractivity contribution in [1.29, 1.82) is 0 Å². The van der Waals surface area contributed by atoms with Crippen molar-refractivity contribution in [1.82, 2.24) is 0 Å². The smallest absolute Gasteiger partial charge is 0.330 e. The first kappa shape index (κ1) is 15.5. The molecular weight excluding hydrogens is 264 g/mol. The molecular formula is C18H22O3. The molecule has 0 amide bonds. The topological polar surface area (TPSA) is 43.4 Å². The summed E-state index contributed by atoms with van der Waals surface area (Å²) in [6, 6.07) is 9.56. The Bertz CT molecular complexity index is 511. The first-order chi connectivity index (χ1) is 10.1. The Labute approximate surface area is 126 Å². The summed E-state index contributed by atoms with van der Waals surface area (Å²) in [5.74, 6) is -0.237. The molecule has 1 aliphatic rings. The molecule has 0 unspecified atom stereocenters. The van der Waals surface area contributed by atoms with Crippen LogP contribution < -0.4 is 0 Å². The zero-order valence-electron chi connectivity index (χ0n) is 12.5. The number of hydrogen-bond acceptors (Lipinski definition) is 3. The quantitative estimate of drug-likeness (QED) is 0.610. The van der Waals surface area contributed by atoms with Crippen LogP contribution in [-0.4, -0.2) is 11.8 Å². The van der Waals surface area contributed by atoms with E-state index >= 15 is 0 Å². The molecule has 112 valence electrons. The number of esters is 1. The van der Waals surface area contributed by atoms with Gasteiger partial charge in [0.1, 0.15) is 12.4 Å². The van der Waals surface area contributed by atoms with Gasteiger partial charge in [0.15, 0.2) is 0 Å². The molecule has 0 N–H and O–H groups in total. The third kappa shape index (κ3) is 4.28. The lowest BCUT2D eigenvalue weighted by molar-refractivity contribution is -0.139. The highest BCUT2D eigenvalue weighted by Gasteiger charge is 2.34. The normalized spacial score (nSPS) is 17.6. The van der Waals surface area contributed by atoms with E-state index in [1.165, 1.54) is 12.5 Å². The van der Waals surface area contributed by atoms with E-state index in [2.05, 4.69) is 0 Å². The number of hydrogen-bond donors (Lipinski definition) is 0. The van der Waals surface area contributed by atoms with Crippen LogP contribution in [0.15, 0.2) is 42.5 Å². The maximum Gasteiger partial charge on any atom is 0.330 e. The maximum absolute atomic E-state index is 11.9. The summed E-state index contributed by atoms with van der Waals surface area (Å²) in [5, 5.41) is 0. The number of ketones is 1. The van der Waals surface area contributed by atoms with Gasteiger partial charge in [0, 0.05) is 11.5 Å². The fourth-order valence-electron chi connectivity index (χ4n) is 2.82. The van der Waals surface area contributed by atoms with Gasteiger partial charge in [0.2, 0.25) is 0 Å². The minimum Gasteiger partial charge on any atom is -0.458 e. The van der Waals surface area contributed by atoms with Crippen LogP contribution in [0.2, 0.25) is 0 Å². The third-order valence-electron chi connectivity index (χ3n) is 4.21. The van der Waals surface area contributed by atoms with E-state index in [-0.39, 0.29) is 18.4 Å². The number of benzene rings is 1. The fourth-order valence-corrected chi connectivity index (χ4v) is 2.82. The van der Waals surface area contributed by atoms with Crippen LogP contribution >= 0.6 is 0 Å². The number of carbonyl (C=O) groups is 2. The van der Waals surface area contributed by atoms with E-state index in [4.69, 9.17) is 4.74 Å². The third-order valence-corrected chi connectivity index (χ3v) is 4.21. The molecule has 0 bridgehead atoms. The van der Waals surface area contributed by atoms with E-state index in [0.717, 1.165) is 31.2 Å². The van der Waals surface area contributed by atoms with Crippen LogP contribution in [0.4, 0.5) is 0 Å². The van der Waals surface area contributed by atoms with Crippen molar-refractivity contribution in [3.8, 4) is 0 Å². The fraction of sp³-hybridized carbons (Fsp3) is 0.444. The van der Waals surface area contributed by atoms with Crippen molar-refractivity contribution in [2.24, 2.45) is 5.41 Å². The van der Waals surface area contributed by atoms with E-state index < -0.39 is 5.41 Å². The Balaban J connectivity index is 1.92. The summed E-state index contributed by atoms with van der Waals surface area (Å²) in [4.78, 5) is 23.7. The summed E-state index contributed by atoms with van der Waals surface area (Å²) in [6.07, 6.45) is 8.13. The summed E-state index contributed by atoms with van der Waals surface area (Å²) in [7, 11) is 0. The van der Waals surface area contributed by atoms with E-state index in [0.29, 0.717) is 0 Å².